The molecule has 0 fully saturated rings. The van der Waals surface area contributed by atoms with Gasteiger partial charge in [-0.2, -0.15) is 0 Å². The predicted octanol–water partition coefficient (Wildman–Crippen LogP) is -1.41. The summed E-state index contributed by atoms with van der Waals surface area (Å²) in [7, 11) is 0. The van der Waals surface area contributed by atoms with Crippen molar-refractivity contribution in [2.75, 3.05) is 6.54 Å². The summed E-state index contributed by atoms with van der Waals surface area (Å²) in [5, 5.41) is 13.3. The van der Waals surface area contributed by atoms with Gasteiger partial charge in [0.1, 0.15) is 0 Å². The molecule has 2 heterocycles. The molecule has 0 aromatic carbocycles. The minimum absolute atomic E-state index is 0.378. The van der Waals surface area contributed by atoms with Crippen LogP contribution in [-0.4, -0.2) is 22.6 Å². The van der Waals surface area contributed by atoms with Crippen molar-refractivity contribution in [3.8, 4) is 0 Å². The van der Waals surface area contributed by atoms with Crippen LogP contribution in [0.5, 0.6) is 0 Å². The molecule has 1 aliphatic heterocycles. The first kappa shape index (κ1) is 6.97. The average Bonchev–Trinajstić information content (AvgIpc) is 2.49. The summed E-state index contributed by atoms with van der Waals surface area (Å²) >= 11 is 0. The Labute approximate surface area is 68.2 Å². The van der Waals surface area contributed by atoms with E-state index in [1.54, 1.807) is 12.4 Å². The van der Waals surface area contributed by atoms with Gasteiger partial charge in [0.2, 0.25) is 0 Å². The Hall–Kier alpha value is -1.71. The van der Waals surface area contributed by atoms with Gasteiger partial charge in [-0.15, -0.1) is 0 Å². The van der Waals surface area contributed by atoms with E-state index >= 15 is 0 Å². The van der Waals surface area contributed by atoms with Crippen molar-refractivity contribution in [1.82, 2.24) is 10.3 Å². The molecule has 0 bridgehead atoms. The minimum Gasteiger partial charge on any atom is -0.478 e. The molecule has 0 saturated heterocycles. The highest BCUT2D eigenvalue weighted by molar-refractivity contribution is 6.09. The largest absolute Gasteiger partial charge is 0.478 e. The highest BCUT2D eigenvalue weighted by Gasteiger charge is 2.11. The number of rotatable bonds is 1. The third-order valence-corrected chi connectivity index (χ3v) is 1.88. The second-order valence-corrected chi connectivity index (χ2v) is 2.62. The lowest BCUT2D eigenvalue weighted by atomic mass is 10.2. The molecule has 0 spiro atoms. The normalized spacial score (nSPS) is 14.5. The van der Waals surface area contributed by atoms with E-state index in [1.807, 2.05) is 6.07 Å². The van der Waals surface area contributed by atoms with Crippen molar-refractivity contribution < 1.29 is 9.90 Å². The SMILES string of the molecule is O=C(O)C1=c2[nH]ccc2=CNC1. The first-order valence-electron chi connectivity index (χ1n) is 3.62. The van der Waals surface area contributed by atoms with E-state index in [-0.39, 0.29) is 0 Å². The number of carboxylic acid groups (broad SMARTS) is 1. The van der Waals surface area contributed by atoms with Crippen LogP contribution < -0.4 is 15.9 Å². The van der Waals surface area contributed by atoms with Crippen molar-refractivity contribution in [2.24, 2.45) is 0 Å². The van der Waals surface area contributed by atoms with E-state index in [0.717, 1.165) is 5.22 Å². The lowest BCUT2D eigenvalue weighted by Gasteiger charge is -2.05. The predicted molar refractivity (Wildman–Crippen MR) is 43.6 cm³/mol. The second kappa shape index (κ2) is 2.41. The molecule has 62 valence electrons. The first-order valence-corrected chi connectivity index (χ1v) is 3.62. The van der Waals surface area contributed by atoms with Crippen LogP contribution in [0, 0.1) is 0 Å². The van der Waals surface area contributed by atoms with Crippen LogP contribution in [0.25, 0.3) is 11.8 Å². The topological polar surface area (TPSA) is 65.1 Å². The Morgan fingerprint density at radius 2 is 2.42 bits per heavy atom. The molecule has 1 aliphatic rings. The summed E-state index contributed by atoms with van der Waals surface area (Å²) in [5.41, 5.74) is 0.387. The highest BCUT2D eigenvalue weighted by Crippen LogP contribution is 1.91. The molecule has 0 unspecified atom stereocenters. The summed E-state index contributed by atoms with van der Waals surface area (Å²) in [6.07, 6.45) is 3.54. The third kappa shape index (κ3) is 0.887. The minimum atomic E-state index is -0.876. The van der Waals surface area contributed by atoms with Gasteiger partial charge in [0.15, 0.2) is 0 Å². The van der Waals surface area contributed by atoms with Gasteiger partial charge in [-0.1, -0.05) is 0 Å². The van der Waals surface area contributed by atoms with Crippen LogP contribution in [0.1, 0.15) is 0 Å². The number of hydrogen-bond acceptors (Lipinski definition) is 2. The maximum absolute atomic E-state index is 10.7. The van der Waals surface area contributed by atoms with Gasteiger partial charge in [0.05, 0.1) is 10.9 Å². The smallest absolute Gasteiger partial charge is 0.335 e. The Kier molecular flexibility index (Phi) is 1.40. The number of aromatic nitrogens is 1. The van der Waals surface area contributed by atoms with E-state index in [9.17, 15) is 4.79 Å². The molecular formula is C8H8N2O2. The molecule has 0 radical (unpaired) electrons. The number of carbonyl (C=O) groups is 1. The van der Waals surface area contributed by atoms with Crippen molar-refractivity contribution in [1.29, 1.82) is 0 Å². The summed E-state index contributed by atoms with van der Waals surface area (Å²) in [6, 6.07) is 1.84. The number of fused-ring (bicyclic) bond motifs is 1. The molecular weight excluding hydrogens is 156 g/mol. The van der Waals surface area contributed by atoms with Crippen molar-refractivity contribution in [3.63, 3.8) is 0 Å². The summed E-state index contributed by atoms with van der Waals surface area (Å²) in [6.45, 7) is 0.378. The van der Waals surface area contributed by atoms with Crippen molar-refractivity contribution >= 4 is 17.7 Å². The quantitative estimate of drug-likeness (QED) is 0.478. The van der Waals surface area contributed by atoms with E-state index in [1.165, 1.54) is 0 Å². The van der Waals surface area contributed by atoms with Crippen molar-refractivity contribution in [2.45, 2.75) is 0 Å². The van der Waals surface area contributed by atoms with Gasteiger partial charge in [-0.05, 0) is 6.07 Å². The van der Waals surface area contributed by atoms with Gasteiger partial charge >= 0.3 is 5.97 Å². The lowest BCUT2D eigenvalue weighted by molar-refractivity contribution is -0.130. The molecule has 1 aromatic heterocycles. The standard InChI is InChI=1S/C8H8N2O2/c11-8(12)6-4-9-3-5-1-2-10-7(5)6/h1-3,9-10H,4H2,(H,11,12). The van der Waals surface area contributed by atoms with Crippen LogP contribution in [0.2, 0.25) is 0 Å². The van der Waals surface area contributed by atoms with Crippen LogP contribution in [-0.2, 0) is 4.79 Å². The number of aliphatic carboxylic acids is 1. The number of aromatic amines is 1. The molecule has 0 atom stereocenters. The number of nitrogens with one attached hydrogen (secondary N) is 2. The fourth-order valence-electron chi connectivity index (χ4n) is 1.30. The average molecular weight is 164 g/mol. The Morgan fingerprint density at radius 3 is 3.17 bits per heavy atom. The van der Waals surface area contributed by atoms with Crippen LogP contribution in [0.3, 0.4) is 0 Å². The number of H-pyrrole nitrogens is 1. The van der Waals surface area contributed by atoms with Gasteiger partial charge < -0.3 is 15.4 Å². The molecule has 3 N–H and O–H groups in total. The van der Waals surface area contributed by atoms with Gasteiger partial charge in [-0.25, -0.2) is 4.79 Å². The molecule has 12 heavy (non-hydrogen) atoms. The fraction of sp³-hybridized carbons (Fsp3) is 0.125. The summed E-state index contributed by atoms with van der Waals surface area (Å²) in [5.74, 6) is -0.876. The maximum Gasteiger partial charge on any atom is 0.335 e. The van der Waals surface area contributed by atoms with E-state index in [2.05, 4.69) is 10.3 Å². The molecule has 4 heteroatoms. The van der Waals surface area contributed by atoms with Crippen LogP contribution in [0.4, 0.5) is 0 Å². The van der Waals surface area contributed by atoms with Gasteiger partial charge in [-0.3, -0.25) is 0 Å². The van der Waals surface area contributed by atoms with Gasteiger partial charge in [0.25, 0.3) is 0 Å². The number of hydrogen-bond donors (Lipinski definition) is 3. The fourth-order valence-corrected chi connectivity index (χ4v) is 1.30. The molecule has 1 aromatic rings. The zero-order chi connectivity index (χ0) is 8.55. The Balaban J connectivity index is 2.81. The monoisotopic (exact) mass is 164 g/mol. The third-order valence-electron chi connectivity index (χ3n) is 1.88. The Morgan fingerprint density at radius 1 is 1.58 bits per heavy atom. The zero-order valence-corrected chi connectivity index (χ0v) is 6.29. The van der Waals surface area contributed by atoms with Crippen molar-refractivity contribution in [3.05, 3.63) is 22.8 Å². The highest BCUT2D eigenvalue weighted by atomic mass is 16.4. The molecule has 0 amide bonds. The zero-order valence-electron chi connectivity index (χ0n) is 6.29. The van der Waals surface area contributed by atoms with Crippen LogP contribution in [0.15, 0.2) is 12.3 Å². The van der Waals surface area contributed by atoms with Gasteiger partial charge in [0, 0.05) is 24.2 Å². The number of carboxylic acids is 1. The van der Waals surface area contributed by atoms with E-state index < -0.39 is 5.97 Å². The Bertz CT molecular complexity index is 430. The molecule has 4 nitrogen and oxygen atoms in total. The second-order valence-electron chi connectivity index (χ2n) is 2.62. The summed E-state index contributed by atoms with van der Waals surface area (Å²) in [4.78, 5) is 13.6. The van der Waals surface area contributed by atoms with E-state index in [4.69, 9.17) is 5.11 Å². The molecule has 0 aliphatic carbocycles. The molecule has 0 saturated carbocycles. The van der Waals surface area contributed by atoms with Crippen LogP contribution >= 0.6 is 0 Å². The van der Waals surface area contributed by atoms with E-state index in [0.29, 0.717) is 17.5 Å². The summed E-state index contributed by atoms with van der Waals surface area (Å²) < 4.78 is 0. The first-order chi connectivity index (χ1) is 5.79. The lowest BCUT2D eigenvalue weighted by Crippen LogP contribution is -2.38. The maximum atomic E-state index is 10.7. The molecule has 2 rings (SSSR count).